The van der Waals surface area contributed by atoms with Crippen molar-refractivity contribution in [1.82, 2.24) is 20.8 Å². The Kier molecular flexibility index (Phi) is 7.63. The third-order valence-corrected chi connectivity index (χ3v) is 6.96. The van der Waals surface area contributed by atoms with Gasteiger partial charge in [0.2, 0.25) is 5.91 Å². The Morgan fingerprint density at radius 3 is 2.29 bits per heavy atom. The fourth-order valence-electron chi connectivity index (χ4n) is 4.60. The lowest BCUT2D eigenvalue weighted by atomic mass is 9.69. The van der Waals surface area contributed by atoms with Gasteiger partial charge < -0.3 is 20.9 Å². The first kappa shape index (κ1) is 27.0. The molecule has 1 aliphatic heterocycles. The van der Waals surface area contributed by atoms with E-state index < -0.39 is 23.0 Å². The molecule has 1 aliphatic rings. The number of anilines is 2. The van der Waals surface area contributed by atoms with Crippen molar-refractivity contribution >= 4 is 40.8 Å². The molecule has 0 unspecified atom stereocenters. The quantitative estimate of drug-likeness (QED) is 0.424. The summed E-state index contributed by atoms with van der Waals surface area (Å²) < 4.78 is 14.4. The molecule has 0 spiro atoms. The number of aromatic nitrogens is 2. The number of rotatable bonds is 7. The predicted molar refractivity (Wildman–Crippen MR) is 143 cm³/mol. The van der Waals surface area contributed by atoms with Gasteiger partial charge in [0.05, 0.1) is 16.3 Å². The first-order chi connectivity index (χ1) is 18.1. The summed E-state index contributed by atoms with van der Waals surface area (Å²) in [4.78, 5) is 40.2. The van der Waals surface area contributed by atoms with E-state index in [0.29, 0.717) is 5.82 Å². The van der Waals surface area contributed by atoms with Crippen LogP contribution in [0.4, 0.5) is 15.9 Å². The number of amides is 3. The number of benzene rings is 2. The summed E-state index contributed by atoms with van der Waals surface area (Å²) in [6.07, 6.45) is 0. The summed E-state index contributed by atoms with van der Waals surface area (Å²) in [7, 11) is 2.94. The number of hydrogen-bond acceptors (Lipinski definition) is 6. The van der Waals surface area contributed by atoms with Crippen LogP contribution in [0.25, 0.3) is 0 Å². The largest absolute Gasteiger partial charge is 0.355 e. The lowest BCUT2D eigenvalue weighted by Crippen LogP contribution is -2.66. The molecule has 0 saturated carbocycles. The topological polar surface area (TPSA) is 116 Å². The maximum Gasteiger partial charge on any atom is 0.271 e. The molecular formula is C27H28ClFN6O3. The number of carbonyl (C=O) groups is 3. The van der Waals surface area contributed by atoms with Gasteiger partial charge in [0.15, 0.2) is 11.5 Å². The average molecular weight is 539 g/mol. The van der Waals surface area contributed by atoms with Crippen LogP contribution < -0.4 is 20.9 Å². The SMILES string of the molecule is CNC(=O)c1ccc(N2CC(C(=O)Nc3cc(F)c(Cl)cc3C(=O)NC)(c3ccccc3C(C)C)C2)nn1. The van der Waals surface area contributed by atoms with Crippen molar-refractivity contribution in [3.05, 3.63) is 81.8 Å². The molecule has 4 rings (SSSR count). The summed E-state index contributed by atoms with van der Waals surface area (Å²) in [6, 6.07) is 13.2. The summed E-state index contributed by atoms with van der Waals surface area (Å²) in [5.74, 6) is -1.39. The molecule has 0 radical (unpaired) electrons. The molecule has 1 saturated heterocycles. The second-order valence-corrected chi connectivity index (χ2v) is 9.79. The van der Waals surface area contributed by atoms with Crippen molar-refractivity contribution in [3.63, 3.8) is 0 Å². The lowest BCUT2D eigenvalue weighted by molar-refractivity contribution is -0.122. The summed E-state index contributed by atoms with van der Waals surface area (Å²) in [5.41, 5.74) is 1.04. The number of carbonyl (C=O) groups excluding carboxylic acids is 3. The van der Waals surface area contributed by atoms with E-state index in [1.165, 1.54) is 20.2 Å². The van der Waals surface area contributed by atoms with Gasteiger partial charge in [-0.1, -0.05) is 49.7 Å². The highest BCUT2D eigenvalue weighted by molar-refractivity contribution is 6.31. The summed E-state index contributed by atoms with van der Waals surface area (Å²) >= 11 is 5.92. The highest BCUT2D eigenvalue weighted by atomic mass is 35.5. The van der Waals surface area contributed by atoms with Gasteiger partial charge in [0.1, 0.15) is 11.2 Å². The van der Waals surface area contributed by atoms with E-state index in [0.717, 1.165) is 17.2 Å². The van der Waals surface area contributed by atoms with Crippen LogP contribution in [0.15, 0.2) is 48.5 Å². The van der Waals surface area contributed by atoms with Gasteiger partial charge in [-0.2, -0.15) is 0 Å². The van der Waals surface area contributed by atoms with Gasteiger partial charge in [-0.15, -0.1) is 10.2 Å². The van der Waals surface area contributed by atoms with E-state index in [-0.39, 0.29) is 46.9 Å². The van der Waals surface area contributed by atoms with Gasteiger partial charge in [-0.05, 0) is 41.3 Å². The van der Waals surface area contributed by atoms with Crippen LogP contribution in [0.3, 0.4) is 0 Å². The smallest absolute Gasteiger partial charge is 0.271 e. The minimum atomic E-state index is -1.03. The highest BCUT2D eigenvalue weighted by Crippen LogP contribution is 2.41. The minimum Gasteiger partial charge on any atom is -0.355 e. The Morgan fingerprint density at radius 1 is 1.00 bits per heavy atom. The molecular weight excluding hydrogens is 511 g/mol. The Labute approximate surface area is 224 Å². The molecule has 2 heterocycles. The Balaban J connectivity index is 1.72. The molecule has 1 fully saturated rings. The molecule has 0 aliphatic carbocycles. The third-order valence-electron chi connectivity index (χ3n) is 6.67. The zero-order valence-corrected chi connectivity index (χ0v) is 22.2. The van der Waals surface area contributed by atoms with E-state index in [1.54, 1.807) is 12.1 Å². The minimum absolute atomic E-state index is 0.0193. The van der Waals surface area contributed by atoms with E-state index in [9.17, 15) is 18.8 Å². The van der Waals surface area contributed by atoms with Crippen molar-refractivity contribution < 1.29 is 18.8 Å². The van der Waals surface area contributed by atoms with Gasteiger partial charge in [-0.25, -0.2) is 4.39 Å². The van der Waals surface area contributed by atoms with Gasteiger partial charge in [-0.3, -0.25) is 14.4 Å². The Bertz CT molecular complexity index is 1390. The molecule has 0 bridgehead atoms. The van der Waals surface area contributed by atoms with Crippen LogP contribution in [-0.2, 0) is 10.2 Å². The number of nitrogens with one attached hydrogen (secondary N) is 3. The zero-order valence-electron chi connectivity index (χ0n) is 21.4. The van der Waals surface area contributed by atoms with Crippen molar-refractivity contribution in [2.45, 2.75) is 25.2 Å². The molecule has 38 heavy (non-hydrogen) atoms. The van der Waals surface area contributed by atoms with Crippen LogP contribution in [-0.4, -0.2) is 55.1 Å². The van der Waals surface area contributed by atoms with E-state index in [4.69, 9.17) is 11.6 Å². The van der Waals surface area contributed by atoms with Gasteiger partial charge in [0.25, 0.3) is 11.8 Å². The zero-order chi connectivity index (χ0) is 27.6. The van der Waals surface area contributed by atoms with Crippen molar-refractivity contribution in [2.75, 3.05) is 37.4 Å². The molecule has 3 amide bonds. The van der Waals surface area contributed by atoms with Crippen molar-refractivity contribution in [2.24, 2.45) is 0 Å². The number of nitrogens with zero attached hydrogens (tertiary/aromatic N) is 3. The molecule has 198 valence electrons. The normalized spacial score (nSPS) is 14.0. The molecule has 11 heteroatoms. The fourth-order valence-corrected chi connectivity index (χ4v) is 4.76. The van der Waals surface area contributed by atoms with E-state index >= 15 is 0 Å². The molecule has 0 atom stereocenters. The predicted octanol–water partition coefficient (Wildman–Crippen LogP) is 3.51. The lowest BCUT2D eigenvalue weighted by Gasteiger charge is -2.50. The number of hydrogen-bond donors (Lipinski definition) is 3. The van der Waals surface area contributed by atoms with Crippen LogP contribution in [0, 0.1) is 5.82 Å². The van der Waals surface area contributed by atoms with Crippen molar-refractivity contribution in [3.8, 4) is 0 Å². The molecule has 1 aromatic heterocycles. The van der Waals surface area contributed by atoms with Gasteiger partial charge >= 0.3 is 0 Å². The molecule has 3 N–H and O–H groups in total. The molecule has 9 nitrogen and oxygen atoms in total. The van der Waals surface area contributed by atoms with E-state index in [2.05, 4.69) is 26.1 Å². The third kappa shape index (κ3) is 4.91. The van der Waals surface area contributed by atoms with Crippen LogP contribution in [0.2, 0.25) is 5.02 Å². The Hall–Kier alpha value is -4.05. The van der Waals surface area contributed by atoms with Crippen LogP contribution in [0.5, 0.6) is 0 Å². The van der Waals surface area contributed by atoms with E-state index in [1.807, 2.05) is 43.0 Å². The first-order valence-corrected chi connectivity index (χ1v) is 12.4. The standard InChI is InChI=1S/C27H28ClFN6O3/c1-15(2)16-7-5-6-8-18(16)27(13-35(14-27)23-10-9-21(33-34-23)25(37)31-4)26(38)32-22-12-20(29)19(28)11-17(22)24(36)30-3/h5-12,15H,13-14H2,1-4H3,(H,30,36)(H,31,37)(H,32,38). The second-order valence-electron chi connectivity index (χ2n) is 9.38. The van der Waals surface area contributed by atoms with Crippen LogP contribution >= 0.6 is 11.6 Å². The fraction of sp³-hybridized carbons (Fsp3) is 0.296. The van der Waals surface area contributed by atoms with Crippen molar-refractivity contribution in [1.29, 1.82) is 0 Å². The first-order valence-electron chi connectivity index (χ1n) is 12.0. The molecule has 3 aromatic rings. The van der Waals surface area contributed by atoms with Gasteiger partial charge in [0, 0.05) is 27.2 Å². The Morgan fingerprint density at radius 2 is 1.68 bits per heavy atom. The maximum atomic E-state index is 14.4. The summed E-state index contributed by atoms with van der Waals surface area (Å²) in [5, 5.41) is 15.7. The summed E-state index contributed by atoms with van der Waals surface area (Å²) in [6.45, 7) is 4.59. The van der Waals surface area contributed by atoms with Crippen LogP contribution in [0.1, 0.15) is 51.7 Å². The average Bonchev–Trinajstić information content (AvgIpc) is 2.89. The molecule has 2 aromatic carbocycles. The number of halogens is 2. The second kappa shape index (κ2) is 10.7. The maximum absolute atomic E-state index is 14.4. The highest BCUT2D eigenvalue weighted by Gasteiger charge is 2.52. The monoisotopic (exact) mass is 538 g/mol.